The summed E-state index contributed by atoms with van der Waals surface area (Å²) in [7, 11) is 21.3. The quantitative estimate of drug-likeness (QED) is 0.0246. The van der Waals surface area contributed by atoms with E-state index in [-0.39, 0.29) is 185 Å². The predicted molar refractivity (Wildman–Crippen MR) is 475 cm³/mol. The van der Waals surface area contributed by atoms with Crippen molar-refractivity contribution in [3.8, 4) is 0 Å². The first-order valence-corrected chi connectivity index (χ1v) is 40.4. The molecule has 16 amide bonds. The van der Waals surface area contributed by atoms with Crippen LogP contribution in [-0.4, -0.2) is 223 Å². The van der Waals surface area contributed by atoms with Gasteiger partial charge in [0.1, 0.15) is 39.9 Å². The Balaban J connectivity index is 0.555. The first kappa shape index (κ1) is 94.0. The summed E-state index contributed by atoms with van der Waals surface area (Å²) in [4.78, 5) is 228. The van der Waals surface area contributed by atoms with Crippen LogP contribution in [0.4, 0.5) is 63.1 Å². The Kier molecular flexibility index (Phi) is 29.9. The van der Waals surface area contributed by atoms with Gasteiger partial charge in [0.25, 0.3) is 65.0 Å². The lowest BCUT2D eigenvalue weighted by Crippen LogP contribution is -2.32. The monoisotopic (exact) mass is 1790 g/mol. The number of amides is 16. The molecule has 0 radical (unpaired) electrons. The predicted octanol–water partition coefficient (Wildman–Crippen LogP) is 2.57. The van der Waals surface area contributed by atoms with Gasteiger partial charge in [0, 0.05) is 211 Å². The minimum absolute atomic E-state index is 0.00107. The van der Waals surface area contributed by atoms with Gasteiger partial charge in [-0.05, 0) is 75.9 Å². The molecule has 48 heteroatoms. The molecule has 0 spiro atoms. The average Bonchev–Trinajstić information content (AvgIpc) is 1.67. The third-order valence-electron chi connectivity index (χ3n) is 19.8. The number of nitrogens with zero attached hydrogens (tertiary/aromatic N) is 16. The molecule has 0 unspecified atom stereocenters. The summed E-state index contributed by atoms with van der Waals surface area (Å²) in [5, 5.41) is 43.0. The van der Waals surface area contributed by atoms with E-state index in [0.717, 1.165) is 13.0 Å². The zero-order valence-electron chi connectivity index (χ0n) is 73.6. The molecular formula is C82H100N32O16. The van der Waals surface area contributed by atoms with Crippen molar-refractivity contribution in [3.05, 3.63) is 174 Å². The van der Waals surface area contributed by atoms with Crippen LogP contribution in [0.1, 0.15) is 161 Å². The molecule has 0 saturated carbocycles. The topological polar surface area (TPSA) is 575 Å². The summed E-state index contributed by atoms with van der Waals surface area (Å²) in [5.74, 6) is -8.43. The molecular weight excluding hydrogens is 1690 g/mol. The first-order chi connectivity index (χ1) is 61.7. The maximum absolute atomic E-state index is 13.6. The van der Waals surface area contributed by atoms with Crippen LogP contribution >= 0.6 is 0 Å². The summed E-state index contributed by atoms with van der Waals surface area (Å²) < 4.78 is 16.0. The van der Waals surface area contributed by atoms with Crippen LogP contribution in [0.2, 0.25) is 0 Å². The second-order valence-electron chi connectivity index (χ2n) is 30.7. The summed E-state index contributed by atoms with van der Waals surface area (Å²) in [6.07, 6.45) is 17.0. The van der Waals surface area contributed by atoms with E-state index < -0.39 is 82.7 Å². The number of aryl methyl sites for hydroxylation is 11. The smallest absolute Gasteiger partial charge is 0.291 e. The first-order valence-electron chi connectivity index (χ1n) is 40.4. The Hall–Kier alpha value is -16.7. The minimum Gasteiger partial charge on any atom is -0.356 e. The van der Waals surface area contributed by atoms with Crippen LogP contribution in [0.25, 0.3) is 0 Å². The highest BCUT2D eigenvalue weighted by atomic mass is 16.2. The fraction of sp³-hybridized carbons (Fsp3) is 0.317. The lowest BCUT2D eigenvalue weighted by Gasteiger charge is -2.10. The number of imidazole rings is 4. The van der Waals surface area contributed by atoms with E-state index in [2.05, 4.69) is 105 Å². The molecule has 0 atom stereocenters. The second-order valence-corrected chi connectivity index (χ2v) is 30.7. The van der Waals surface area contributed by atoms with Crippen LogP contribution in [0.3, 0.4) is 0 Å². The third kappa shape index (κ3) is 24.4. The second kappa shape index (κ2) is 41.4. The van der Waals surface area contributed by atoms with Gasteiger partial charge in [0.05, 0.1) is 39.8 Å². The molecule has 0 fully saturated rings. The number of rotatable bonds is 39. The van der Waals surface area contributed by atoms with Crippen LogP contribution in [-0.2, 0) is 101 Å². The number of carbonyl (C=O) groups is 16. The Morgan fingerprint density at radius 1 is 0.246 bits per heavy atom. The fourth-order valence-corrected chi connectivity index (χ4v) is 13.5. The SMILES string of the molecule is CC(=O)Nc1cc(C(=O)Nc2cc(C(=O)NCCC(=O)Nc3cn(C)c(C(=O)Nc4cc(C(=O)Nc5cc(C(=O)NCCCC(=O)Nc6cn(C)c(C(=O)Nc7cc(C(=O)Nc8cc(C(=O)NCCC(=O)Nc9cn(C)c(C(=O)Nc%10cc(C(=O)Nc%11cn(C)c(C(=O)NCCC(=O)NCCCN(C)C)n%11)n(C)c%10)n9)n(C)c8)n(C)c7)n6)n(C)c5)n(C)c4)n3)n(C)c2)n(C)c1. The fourth-order valence-electron chi connectivity index (χ4n) is 13.5. The molecule has 0 bridgehead atoms. The van der Waals surface area contributed by atoms with E-state index in [1.807, 2.05) is 19.0 Å². The van der Waals surface area contributed by atoms with Crippen molar-refractivity contribution in [2.24, 2.45) is 77.5 Å². The van der Waals surface area contributed by atoms with Gasteiger partial charge in [-0.3, -0.25) is 76.7 Å². The molecule has 130 heavy (non-hydrogen) atoms. The van der Waals surface area contributed by atoms with Gasteiger partial charge >= 0.3 is 0 Å². The highest BCUT2D eigenvalue weighted by Crippen LogP contribution is 2.25. The molecule has 11 aromatic rings. The van der Waals surface area contributed by atoms with Gasteiger partial charge in [-0.2, -0.15) is 0 Å². The van der Waals surface area contributed by atoms with E-state index in [0.29, 0.717) is 17.9 Å². The van der Waals surface area contributed by atoms with E-state index in [4.69, 9.17) is 0 Å². The Morgan fingerprint density at radius 3 is 0.792 bits per heavy atom. The van der Waals surface area contributed by atoms with Crippen molar-refractivity contribution >= 4 is 158 Å². The molecule has 0 saturated heterocycles. The normalized spacial score (nSPS) is 11.0. The number of hydrogen-bond donors (Lipinski definition) is 16. The van der Waals surface area contributed by atoms with Crippen molar-refractivity contribution in [1.82, 2.24) is 102 Å². The lowest BCUT2D eigenvalue weighted by molar-refractivity contribution is -0.121. The maximum atomic E-state index is 13.6. The highest BCUT2D eigenvalue weighted by molar-refractivity contribution is 6.11. The van der Waals surface area contributed by atoms with Gasteiger partial charge in [0.2, 0.25) is 52.8 Å². The molecule has 48 nitrogen and oxygen atoms in total. The molecule has 0 aliphatic rings. The van der Waals surface area contributed by atoms with Gasteiger partial charge in [-0.15, -0.1) is 0 Å². The number of carbonyl (C=O) groups excluding carboxylic acids is 16. The van der Waals surface area contributed by atoms with Gasteiger partial charge in [-0.25, -0.2) is 19.9 Å². The molecule has 11 aromatic heterocycles. The molecule has 11 rings (SSSR count). The lowest BCUT2D eigenvalue weighted by atomic mass is 10.3. The Morgan fingerprint density at radius 2 is 0.485 bits per heavy atom. The Bertz CT molecular complexity index is 6250. The number of aromatic nitrogens is 15. The zero-order valence-corrected chi connectivity index (χ0v) is 73.6. The van der Waals surface area contributed by atoms with Crippen LogP contribution in [0, 0.1) is 0 Å². The standard InChI is InChI=1S/C82H100N32O16/c1-45(115)88-46-27-56(107(7)34-46)75(123)89-48-29-54(105(5)36-48)73(121)85-24-19-66(118)96-61-42-113(13)70(99-61)81(129)93-51-32-57(108(8)39-51)76(124)90-47-28-53(104(4)35-47)72(120)84-21-15-17-65(117)95-60-41-112(12)69(98-60)80(128)92-50-31-58(109(9)38-50)77(125)91-49-30-55(106(6)37-49)74(122)86-25-20-67(119)97-62-43-114(14)71(100-62)82(130)94-52-33-59(110(10)40-52)78(126)102-63-44-111(11)68(101-63)79(127)87-23-18-64(116)83-22-16-26-103(2)3/h27-44H,15-26H2,1-14H3,(H,83,116)(H,84,120)(H,85,121)(H,86,122)(H,87,127)(H,88,115)(H,89,123)(H,90,124)(H,91,125)(H,92,128)(H,93,129)(H,94,130)(H,95,117)(H,96,118)(H,97,119)(H,102,126). The molecule has 684 valence electrons. The zero-order chi connectivity index (χ0) is 94.2. The van der Waals surface area contributed by atoms with Crippen LogP contribution < -0.4 is 85.1 Å². The number of nitrogens with one attached hydrogen (secondary N) is 16. The van der Waals surface area contributed by atoms with Gasteiger partial charge in [0.15, 0.2) is 23.3 Å². The molecule has 0 aliphatic carbocycles. The largest absolute Gasteiger partial charge is 0.356 e. The van der Waals surface area contributed by atoms with Gasteiger partial charge in [-0.1, -0.05) is 0 Å². The van der Waals surface area contributed by atoms with E-state index in [1.54, 1.807) is 87.4 Å². The Labute approximate surface area is 741 Å². The highest BCUT2D eigenvalue weighted by Gasteiger charge is 2.27. The van der Waals surface area contributed by atoms with E-state index >= 15 is 0 Å². The van der Waals surface area contributed by atoms with E-state index in [9.17, 15) is 76.7 Å². The summed E-state index contributed by atoms with van der Waals surface area (Å²) in [6, 6.07) is 10.1. The van der Waals surface area contributed by atoms with Crippen molar-refractivity contribution < 1.29 is 76.7 Å². The molecule has 11 heterocycles. The summed E-state index contributed by atoms with van der Waals surface area (Å²) >= 11 is 0. The van der Waals surface area contributed by atoms with E-state index in [1.165, 1.54) is 158 Å². The molecule has 16 N–H and O–H groups in total. The van der Waals surface area contributed by atoms with Gasteiger partial charge < -0.3 is 140 Å². The number of anilines is 11. The van der Waals surface area contributed by atoms with Crippen molar-refractivity contribution in [2.45, 2.75) is 45.4 Å². The maximum Gasteiger partial charge on any atom is 0.291 e. The molecule has 0 aromatic carbocycles. The van der Waals surface area contributed by atoms with Crippen LogP contribution in [0.15, 0.2) is 111 Å². The van der Waals surface area contributed by atoms with Crippen LogP contribution in [0.5, 0.6) is 0 Å². The van der Waals surface area contributed by atoms with Crippen molar-refractivity contribution in [1.29, 1.82) is 0 Å². The summed E-state index contributed by atoms with van der Waals surface area (Å²) in [5.41, 5.74) is 3.16. The minimum atomic E-state index is -0.674. The average molecular weight is 1790 g/mol. The number of hydrogen-bond acceptors (Lipinski definition) is 21. The third-order valence-corrected chi connectivity index (χ3v) is 19.8. The molecule has 0 aliphatic heterocycles. The van der Waals surface area contributed by atoms with Crippen molar-refractivity contribution in [2.75, 3.05) is 112 Å². The summed E-state index contributed by atoms with van der Waals surface area (Å²) in [6.45, 7) is 2.65. The van der Waals surface area contributed by atoms with Crippen molar-refractivity contribution in [3.63, 3.8) is 0 Å².